The molecule has 24 heavy (non-hydrogen) atoms. The molecule has 0 fully saturated rings. The van der Waals surface area contributed by atoms with E-state index in [-0.39, 0.29) is 5.91 Å². The normalized spacial score (nSPS) is 10.5. The Morgan fingerprint density at radius 3 is 2.75 bits per heavy atom. The second kappa shape index (κ2) is 7.84. The van der Waals surface area contributed by atoms with Crippen LogP contribution in [0.2, 0.25) is 0 Å². The third kappa shape index (κ3) is 4.49. The molecule has 0 aliphatic carbocycles. The molecule has 0 radical (unpaired) electrons. The van der Waals surface area contributed by atoms with E-state index in [9.17, 15) is 4.79 Å². The van der Waals surface area contributed by atoms with Gasteiger partial charge in [-0.05, 0) is 24.6 Å². The number of hydrogen-bond donors (Lipinski definition) is 1. The number of aromatic nitrogens is 2. The van der Waals surface area contributed by atoms with Crippen molar-refractivity contribution in [2.24, 2.45) is 0 Å². The van der Waals surface area contributed by atoms with Crippen molar-refractivity contribution in [1.82, 2.24) is 9.78 Å². The predicted molar refractivity (Wildman–Crippen MR) is 99.5 cm³/mol. The van der Waals surface area contributed by atoms with Gasteiger partial charge in [0.15, 0.2) is 5.82 Å². The molecule has 0 spiro atoms. The molecule has 0 bridgehead atoms. The van der Waals surface area contributed by atoms with Crippen molar-refractivity contribution in [3.8, 4) is 5.69 Å². The number of carbonyl (C=O) groups excluding carboxylic acids is 1. The summed E-state index contributed by atoms with van der Waals surface area (Å²) in [6, 6.07) is 20.0. The van der Waals surface area contributed by atoms with Crippen molar-refractivity contribution >= 4 is 23.5 Å². The predicted octanol–water partition coefficient (Wildman–Crippen LogP) is 4.05. The summed E-state index contributed by atoms with van der Waals surface area (Å²) in [5, 5.41) is 7.21. The minimum Gasteiger partial charge on any atom is -0.308 e. The molecule has 0 saturated heterocycles. The Morgan fingerprint density at radius 1 is 1.12 bits per heavy atom. The number of para-hydroxylation sites is 1. The van der Waals surface area contributed by atoms with Crippen LogP contribution in [0.1, 0.15) is 11.1 Å². The van der Waals surface area contributed by atoms with E-state index in [1.165, 1.54) is 11.1 Å². The second-order valence-electron chi connectivity index (χ2n) is 5.51. The van der Waals surface area contributed by atoms with E-state index in [0.29, 0.717) is 11.6 Å². The summed E-state index contributed by atoms with van der Waals surface area (Å²) in [5.74, 6) is 1.77. The molecule has 2 aromatic carbocycles. The number of nitrogens with one attached hydrogen (secondary N) is 1. The Balaban J connectivity index is 1.49. The number of anilines is 1. The molecule has 4 nitrogen and oxygen atoms in total. The van der Waals surface area contributed by atoms with Gasteiger partial charge in [-0.1, -0.05) is 48.0 Å². The van der Waals surface area contributed by atoms with Gasteiger partial charge in [0, 0.05) is 18.0 Å². The quantitative estimate of drug-likeness (QED) is 0.738. The first kappa shape index (κ1) is 16.3. The Bertz CT molecular complexity index is 814. The number of thioether (sulfide) groups is 1. The van der Waals surface area contributed by atoms with Gasteiger partial charge >= 0.3 is 0 Å². The van der Waals surface area contributed by atoms with Crippen molar-refractivity contribution in [1.29, 1.82) is 0 Å². The molecule has 5 heteroatoms. The zero-order chi connectivity index (χ0) is 16.8. The van der Waals surface area contributed by atoms with Crippen LogP contribution in [0.25, 0.3) is 5.69 Å². The minimum atomic E-state index is -0.0361. The van der Waals surface area contributed by atoms with E-state index in [2.05, 4.69) is 35.5 Å². The first-order valence-electron chi connectivity index (χ1n) is 7.75. The number of amides is 1. The maximum Gasteiger partial charge on any atom is 0.235 e. The van der Waals surface area contributed by atoms with Crippen LogP contribution < -0.4 is 5.32 Å². The summed E-state index contributed by atoms with van der Waals surface area (Å²) in [4.78, 5) is 12.0. The summed E-state index contributed by atoms with van der Waals surface area (Å²) in [6.07, 6.45) is 1.84. The van der Waals surface area contributed by atoms with Crippen molar-refractivity contribution < 1.29 is 4.79 Å². The SMILES string of the molecule is Cc1cccc(CSCC(=O)Nc2ccn(-c3ccccc3)n2)c1. The van der Waals surface area contributed by atoms with Gasteiger partial charge in [0.2, 0.25) is 5.91 Å². The largest absolute Gasteiger partial charge is 0.308 e. The van der Waals surface area contributed by atoms with E-state index >= 15 is 0 Å². The zero-order valence-corrected chi connectivity index (χ0v) is 14.3. The van der Waals surface area contributed by atoms with Crippen LogP contribution in [0.3, 0.4) is 0 Å². The molecule has 3 rings (SSSR count). The fourth-order valence-corrected chi connectivity index (χ4v) is 3.13. The smallest absolute Gasteiger partial charge is 0.235 e. The highest BCUT2D eigenvalue weighted by atomic mass is 32.2. The van der Waals surface area contributed by atoms with Crippen LogP contribution in [0, 0.1) is 6.92 Å². The molecular formula is C19H19N3OS. The topological polar surface area (TPSA) is 46.9 Å². The lowest BCUT2D eigenvalue weighted by atomic mass is 10.2. The van der Waals surface area contributed by atoms with Crippen LogP contribution in [0.5, 0.6) is 0 Å². The van der Waals surface area contributed by atoms with Crippen LogP contribution in [0.15, 0.2) is 66.9 Å². The van der Waals surface area contributed by atoms with Crippen molar-refractivity contribution in [3.05, 3.63) is 78.0 Å². The molecule has 1 N–H and O–H groups in total. The summed E-state index contributed by atoms with van der Waals surface area (Å²) in [7, 11) is 0. The van der Waals surface area contributed by atoms with Gasteiger partial charge < -0.3 is 5.32 Å². The van der Waals surface area contributed by atoms with Gasteiger partial charge in [-0.15, -0.1) is 11.8 Å². The number of rotatable bonds is 6. The van der Waals surface area contributed by atoms with E-state index < -0.39 is 0 Å². The Kier molecular flexibility index (Phi) is 5.33. The van der Waals surface area contributed by atoms with Crippen molar-refractivity contribution in [3.63, 3.8) is 0 Å². The maximum absolute atomic E-state index is 12.0. The molecule has 1 amide bonds. The summed E-state index contributed by atoms with van der Waals surface area (Å²) in [6.45, 7) is 2.07. The number of hydrogen-bond acceptors (Lipinski definition) is 3. The van der Waals surface area contributed by atoms with E-state index in [1.807, 2.05) is 42.6 Å². The van der Waals surface area contributed by atoms with Crippen LogP contribution >= 0.6 is 11.8 Å². The molecule has 0 saturated carbocycles. The zero-order valence-electron chi connectivity index (χ0n) is 13.5. The molecular weight excluding hydrogens is 318 g/mol. The Labute approximate surface area is 145 Å². The van der Waals surface area contributed by atoms with E-state index in [0.717, 1.165) is 11.4 Å². The average Bonchev–Trinajstić information content (AvgIpc) is 3.04. The van der Waals surface area contributed by atoms with Gasteiger partial charge in [0.05, 0.1) is 11.4 Å². The molecule has 1 aromatic heterocycles. The molecule has 0 aliphatic heterocycles. The summed E-state index contributed by atoms with van der Waals surface area (Å²) in [5.41, 5.74) is 3.44. The highest BCUT2D eigenvalue weighted by Gasteiger charge is 2.06. The standard InChI is InChI=1S/C19H19N3OS/c1-15-6-5-7-16(12-15)13-24-14-19(23)20-18-10-11-22(21-18)17-8-3-2-4-9-17/h2-12H,13-14H2,1H3,(H,20,21,23). The average molecular weight is 337 g/mol. The molecule has 0 unspecified atom stereocenters. The number of nitrogens with zero attached hydrogens (tertiary/aromatic N) is 2. The fourth-order valence-electron chi connectivity index (χ4n) is 2.36. The molecule has 122 valence electrons. The van der Waals surface area contributed by atoms with Crippen LogP contribution in [-0.2, 0) is 10.5 Å². The lowest BCUT2D eigenvalue weighted by Crippen LogP contribution is -2.14. The summed E-state index contributed by atoms with van der Waals surface area (Å²) < 4.78 is 1.75. The van der Waals surface area contributed by atoms with Gasteiger partial charge in [-0.25, -0.2) is 4.68 Å². The first-order chi connectivity index (χ1) is 11.7. The maximum atomic E-state index is 12.0. The van der Waals surface area contributed by atoms with Crippen LogP contribution in [-0.4, -0.2) is 21.4 Å². The highest BCUT2D eigenvalue weighted by Crippen LogP contribution is 2.14. The Hall–Kier alpha value is -2.53. The highest BCUT2D eigenvalue weighted by molar-refractivity contribution is 7.99. The molecule has 0 aliphatic rings. The van der Waals surface area contributed by atoms with Gasteiger partial charge in [-0.3, -0.25) is 4.79 Å². The van der Waals surface area contributed by atoms with Crippen molar-refractivity contribution in [2.75, 3.05) is 11.1 Å². The molecule has 0 atom stereocenters. The second-order valence-corrected chi connectivity index (χ2v) is 6.50. The van der Waals surface area contributed by atoms with E-state index in [1.54, 1.807) is 22.5 Å². The third-order valence-corrected chi connectivity index (χ3v) is 4.47. The molecule has 3 aromatic rings. The number of aryl methyl sites for hydroxylation is 1. The van der Waals surface area contributed by atoms with Crippen LogP contribution in [0.4, 0.5) is 5.82 Å². The minimum absolute atomic E-state index is 0.0361. The van der Waals surface area contributed by atoms with Gasteiger partial charge in [0.1, 0.15) is 0 Å². The lowest BCUT2D eigenvalue weighted by molar-refractivity contribution is -0.113. The third-order valence-electron chi connectivity index (χ3n) is 3.46. The van der Waals surface area contributed by atoms with Gasteiger partial charge in [0.25, 0.3) is 0 Å². The summed E-state index contributed by atoms with van der Waals surface area (Å²) >= 11 is 1.60. The molecule has 1 heterocycles. The monoisotopic (exact) mass is 337 g/mol. The lowest BCUT2D eigenvalue weighted by Gasteiger charge is -2.04. The Morgan fingerprint density at radius 2 is 1.96 bits per heavy atom. The number of carbonyl (C=O) groups is 1. The van der Waals surface area contributed by atoms with Gasteiger partial charge in [-0.2, -0.15) is 5.10 Å². The van der Waals surface area contributed by atoms with E-state index in [4.69, 9.17) is 0 Å². The number of benzene rings is 2. The van der Waals surface area contributed by atoms with Crippen molar-refractivity contribution in [2.45, 2.75) is 12.7 Å². The first-order valence-corrected chi connectivity index (χ1v) is 8.90. The fraction of sp³-hybridized carbons (Fsp3) is 0.158.